The molecule has 0 saturated heterocycles. The molecule has 0 fully saturated rings. The van der Waals surface area contributed by atoms with E-state index < -0.39 is 0 Å². The number of halogens is 1. The van der Waals surface area contributed by atoms with E-state index in [-0.39, 0.29) is 0 Å². The highest BCUT2D eigenvalue weighted by atomic mass is 35.5. The molecule has 1 aromatic carbocycles. The molecular weight excluding hydrogens is 208 g/mol. The maximum atomic E-state index is 5.95. The summed E-state index contributed by atoms with van der Waals surface area (Å²) in [5, 5.41) is 0.799. The van der Waals surface area contributed by atoms with Crippen LogP contribution in [0.15, 0.2) is 30.6 Å². The number of aryl methyl sites for hydroxylation is 1. The third-order valence-electron chi connectivity index (χ3n) is 2.82. The van der Waals surface area contributed by atoms with Crippen molar-refractivity contribution >= 4 is 11.6 Å². The molecule has 0 N–H and O–H groups in total. The number of rotatable bonds is 1. The Morgan fingerprint density at radius 2 is 1.73 bits per heavy atom. The van der Waals surface area contributed by atoms with Crippen molar-refractivity contribution in [1.29, 1.82) is 0 Å². The first-order chi connectivity index (χ1) is 7.09. The first-order valence-corrected chi connectivity index (χ1v) is 5.35. The molecule has 2 rings (SSSR count). The molecule has 0 bridgehead atoms. The van der Waals surface area contributed by atoms with Crippen molar-refractivity contribution < 1.29 is 0 Å². The second kappa shape index (κ2) is 3.78. The Kier molecular flexibility index (Phi) is 2.61. The molecule has 0 atom stereocenters. The van der Waals surface area contributed by atoms with Crippen LogP contribution in [0.1, 0.15) is 17.3 Å². The van der Waals surface area contributed by atoms with E-state index in [0.29, 0.717) is 6.17 Å². The lowest BCUT2D eigenvalue weighted by molar-refractivity contribution is 0.208. The van der Waals surface area contributed by atoms with Crippen molar-refractivity contribution in [1.82, 2.24) is 9.80 Å². The van der Waals surface area contributed by atoms with E-state index in [0.717, 1.165) is 5.02 Å². The molecule has 2 nitrogen and oxygen atoms in total. The van der Waals surface area contributed by atoms with Crippen LogP contribution in [0.2, 0.25) is 5.02 Å². The summed E-state index contributed by atoms with van der Waals surface area (Å²) in [7, 11) is 4.16. The molecule has 0 aliphatic carbocycles. The lowest BCUT2D eigenvalue weighted by Crippen LogP contribution is -2.26. The van der Waals surface area contributed by atoms with Crippen molar-refractivity contribution in [3.8, 4) is 0 Å². The van der Waals surface area contributed by atoms with E-state index in [4.69, 9.17) is 11.6 Å². The Morgan fingerprint density at radius 3 is 2.27 bits per heavy atom. The van der Waals surface area contributed by atoms with Gasteiger partial charge in [0, 0.05) is 31.5 Å². The summed E-state index contributed by atoms with van der Waals surface area (Å²) in [4.78, 5) is 4.38. The van der Waals surface area contributed by atoms with Crippen LogP contribution in [0.5, 0.6) is 0 Å². The van der Waals surface area contributed by atoms with Crippen molar-refractivity contribution in [3.05, 3.63) is 46.7 Å². The minimum Gasteiger partial charge on any atom is -0.355 e. The van der Waals surface area contributed by atoms with E-state index in [2.05, 4.69) is 49.3 Å². The zero-order chi connectivity index (χ0) is 11.0. The minimum absolute atomic E-state index is 0.294. The van der Waals surface area contributed by atoms with Gasteiger partial charge in [0.05, 0.1) is 0 Å². The summed E-state index contributed by atoms with van der Waals surface area (Å²) in [6.07, 6.45) is 4.46. The smallest absolute Gasteiger partial charge is 0.127 e. The van der Waals surface area contributed by atoms with E-state index in [9.17, 15) is 0 Å². The number of hydrogen-bond acceptors (Lipinski definition) is 2. The van der Waals surface area contributed by atoms with Crippen molar-refractivity contribution in [2.75, 3.05) is 14.1 Å². The van der Waals surface area contributed by atoms with Crippen LogP contribution in [0, 0.1) is 6.92 Å². The predicted molar refractivity (Wildman–Crippen MR) is 63.6 cm³/mol. The molecule has 0 saturated carbocycles. The molecular formula is C12H15ClN2. The lowest BCUT2D eigenvalue weighted by Gasteiger charge is -2.29. The summed E-state index contributed by atoms with van der Waals surface area (Å²) in [6.45, 7) is 2.10. The summed E-state index contributed by atoms with van der Waals surface area (Å²) in [5.41, 5.74) is 2.53. The van der Waals surface area contributed by atoms with E-state index in [1.54, 1.807) is 0 Å². The summed E-state index contributed by atoms with van der Waals surface area (Å²) in [5.74, 6) is 0. The Bertz CT molecular complexity index is 389. The van der Waals surface area contributed by atoms with Gasteiger partial charge < -0.3 is 9.80 Å². The third-order valence-corrected chi connectivity index (χ3v) is 3.05. The first kappa shape index (κ1) is 10.4. The average molecular weight is 223 g/mol. The molecule has 0 aromatic heterocycles. The number of nitrogens with zero attached hydrogens (tertiary/aromatic N) is 2. The average Bonchev–Trinajstić information content (AvgIpc) is 2.48. The van der Waals surface area contributed by atoms with Crippen LogP contribution in [0.4, 0.5) is 0 Å². The quantitative estimate of drug-likeness (QED) is 0.721. The topological polar surface area (TPSA) is 6.48 Å². The van der Waals surface area contributed by atoms with Gasteiger partial charge in [0.1, 0.15) is 6.17 Å². The second-order valence-corrected chi connectivity index (χ2v) is 4.44. The predicted octanol–water partition coefficient (Wildman–Crippen LogP) is 3.00. The van der Waals surface area contributed by atoms with Gasteiger partial charge in [0.2, 0.25) is 0 Å². The molecule has 0 unspecified atom stereocenters. The van der Waals surface area contributed by atoms with Crippen LogP contribution >= 0.6 is 11.6 Å². The van der Waals surface area contributed by atoms with Crippen LogP contribution < -0.4 is 0 Å². The van der Waals surface area contributed by atoms with Gasteiger partial charge >= 0.3 is 0 Å². The fraction of sp³-hybridized carbons (Fsp3) is 0.333. The van der Waals surface area contributed by atoms with E-state index in [1.807, 2.05) is 12.1 Å². The first-order valence-electron chi connectivity index (χ1n) is 4.98. The Hall–Kier alpha value is -1.15. The summed E-state index contributed by atoms with van der Waals surface area (Å²) >= 11 is 5.95. The zero-order valence-electron chi connectivity index (χ0n) is 9.24. The van der Waals surface area contributed by atoms with Crippen molar-refractivity contribution in [2.45, 2.75) is 13.1 Å². The summed E-state index contributed by atoms with van der Waals surface area (Å²) in [6, 6.07) is 6.06. The number of benzene rings is 1. The third kappa shape index (κ3) is 1.82. The highest BCUT2D eigenvalue weighted by molar-refractivity contribution is 6.30. The molecule has 1 aliphatic heterocycles. The van der Waals surface area contributed by atoms with Gasteiger partial charge in [-0.3, -0.25) is 0 Å². The van der Waals surface area contributed by atoms with Gasteiger partial charge in [-0.25, -0.2) is 0 Å². The van der Waals surface area contributed by atoms with Gasteiger partial charge in [0.25, 0.3) is 0 Å². The molecule has 0 radical (unpaired) electrons. The zero-order valence-corrected chi connectivity index (χ0v) is 9.99. The van der Waals surface area contributed by atoms with Crippen LogP contribution in [0.3, 0.4) is 0 Å². The van der Waals surface area contributed by atoms with Gasteiger partial charge in [-0.15, -0.1) is 0 Å². The van der Waals surface area contributed by atoms with Gasteiger partial charge in [0.15, 0.2) is 0 Å². The van der Waals surface area contributed by atoms with Crippen molar-refractivity contribution in [2.24, 2.45) is 0 Å². The van der Waals surface area contributed by atoms with Crippen LogP contribution in [0.25, 0.3) is 0 Å². The highest BCUT2D eigenvalue weighted by Gasteiger charge is 2.23. The molecule has 1 aromatic rings. The van der Waals surface area contributed by atoms with E-state index >= 15 is 0 Å². The molecule has 0 amide bonds. The second-order valence-electron chi connectivity index (χ2n) is 4.00. The molecule has 3 heteroatoms. The maximum absolute atomic E-state index is 5.95. The van der Waals surface area contributed by atoms with Gasteiger partial charge in [-0.05, 0) is 30.2 Å². The fourth-order valence-corrected chi connectivity index (χ4v) is 2.25. The van der Waals surface area contributed by atoms with Crippen molar-refractivity contribution in [3.63, 3.8) is 0 Å². The van der Waals surface area contributed by atoms with Gasteiger partial charge in [-0.2, -0.15) is 0 Å². The Balaban J connectivity index is 2.37. The Labute approximate surface area is 95.7 Å². The molecule has 1 aliphatic rings. The van der Waals surface area contributed by atoms with Crippen LogP contribution in [-0.4, -0.2) is 23.9 Å². The monoisotopic (exact) mass is 222 g/mol. The van der Waals surface area contributed by atoms with E-state index in [1.165, 1.54) is 11.1 Å². The molecule has 80 valence electrons. The highest BCUT2D eigenvalue weighted by Crippen LogP contribution is 2.30. The van der Waals surface area contributed by atoms with Gasteiger partial charge in [-0.1, -0.05) is 17.7 Å². The molecule has 1 heterocycles. The lowest BCUT2D eigenvalue weighted by atomic mass is 10.1. The van der Waals surface area contributed by atoms with Crippen LogP contribution in [-0.2, 0) is 0 Å². The normalized spacial score (nSPS) is 16.5. The molecule has 15 heavy (non-hydrogen) atoms. The largest absolute Gasteiger partial charge is 0.355 e. The SMILES string of the molecule is Cc1cc(Cl)ccc1C1N(C)C=CN1C. The fourth-order valence-electron chi connectivity index (χ4n) is 2.03. The number of hydrogen-bond donors (Lipinski definition) is 0. The standard InChI is InChI=1S/C12H15ClN2/c1-9-8-10(13)4-5-11(9)12-14(2)6-7-15(12)3/h4-8,12H,1-3H3. The molecule has 0 spiro atoms. The minimum atomic E-state index is 0.294. The maximum Gasteiger partial charge on any atom is 0.127 e. The Morgan fingerprint density at radius 1 is 1.13 bits per heavy atom. The summed E-state index contributed by atoms with van der Waals surface area (Å²) < 4.78 is 0.